The van der Waals surface area contributed by atoms with Gasteiger partial charge in [0.25, 0.3) is 5.91 Å². The van der Waals surface area contributed by atoms with Gasteiger partial charge in [-0.15, -0.1) is 0 Å². The Bertz CT molecular complexity index is 1140. The number of hydrogen-bond donors (Lipinski definition) is 0. The summed E-state index contributed by atoms with van der Waals surface area (Å²) in [6, 6.07) is 18.9. The van der Waals surface area contributed by atoms with Gasteiger partial charge in [0.15, 0.2) is 0 Å². The van der Waals surface area contributed by atoms with Gasteiger partial charge in [0, 0.05) is 36.5 Å². The van der Waals surface area contributed by atoms with Crippen LogP contribution in [0.4, 0.5) is 5.69 Å². The fourth-order valence-corrected chi connectivity index (χ4v) is 4.82. The van der Waals surface area contributed by atoms with Gasteiger partial charge in [-0.2, -0.15) is 0 Å². The number of methoxy groups -OCH3 is 2. The van der Waals surface area contributed by atoms with E-state index in [0.29, 0.717) is 36.2 Å². The van der Waals surface area contributed by atoms with Crippen LogP contribution in [-0.4, -0.2) is 49.6 Å². The van der Waals surface area contributed by atoms with E-state index in [9.17, 15) is 14.4 Å². The predicted octanol–water partition coefficient (Wildman–Crippen LogP) is 3.47. The molecule has 1 aliphatic carbocycles. The zero-order valence-electron chi connectivity index (χ0n) is 19.6. The minimum absolute atomic E-state index is 0.124. The molecule has 0 radical (unpaired) electrons. The Morgan fingerprint density at radius 3 is 2.09 bits per heavy atom. The highest BCUT2D eigenvalue weighted by Crippen LogP contribution is 2.47. The van der Waals surface area contributed by atoms with Gasteiger partial charge in [0.05, 0.1) is 31.4 Å². The van der Waals surface area contributed by atoms with E-state index in [1.54, 1.807) is 4.90 Å². The van der Waals surface area contributed by atoms with E-state index < -0.39 is 11.9 Å². The maximum atomic E-state index is 13.6. The van der Waals surface area contributed by atoms with Gasteiger partial charge >= 0.3 is 11.9 Å². The standard InChI is InChI=1S/C27H28N2O5/c1-4-29(20-13-9-6-10-14-20)25(30)19-15-21-22(26(31)33-2)23(27(32)34-3)24(21)28(17-19)16-18-11-7-5-8-12-18/h5-14,17,21,24H,4,15-16H2,1-3H3. The molecule has 0 bridgehead atoms. The van der Waals surface area contributed by atoms with Crippen LogP contribution < -0.4 is 4.90 Å². The first-order valence-electron chi connectivity index (χ1n) is 11.3. The largest absolute Gasteiger partial charge is 0.466 e. The van der Waals surface area contributed by atoms with Crippen molar-refractivity contribution in [3.63, 3.8) is 0 Å². The van der Waals surface area contributed by atoms with E-state index in [1.807, 2.05) is 78.7 Å². The number of anilines is 1. The second-order valence-electron chi connectivity index (χ2n) is 8.26. The highest BCUT2D eigenvalue weighted by molar-refractivity contribution is 6.08. The third kappa shape index (κ3) is 4.21. The molecule has 176 valence electrons. The Kier molecular flexibility index (Phi) is 6.82. The normalized spacial score (nSPS) is 18.9. The third-order valence-electron chi connectivity index (χ3n) is 6.38. The lowest BCUT2D eigenvalue weighted by atomic mass is 9.67. The van der Waals surface area contributed by atoms with Gasteiger partial charge in [-0.1, -0.05) is 48.5 Å². The van der Waals surface area contributed by atoms with Crippen LogP contribution >= 0.6 is 0 Å². The molecule has 2 unspecified atom stereocenters. The van der Waals surface area contributed by atoms with Gasteiger partial charge in [-0.3, -0.25) is 4.79 Å². The van der Waals surface area contributed by atoms with Crippen LogP contribution in [0, 0.1) is 5.92 Å². The maximum absolute atomic E-state index is 13.6. The van der Waals surface area contributed by atoms with Crippen LogP contribution in [0.25, 0.3) is 0 Å². The molecule has 1 heterocycles. The molecule has 1 amide bonds. The fourth-order valence-electron chi connectivity index (χ4n) is 4.82. The molecule has 1 aliphatic heterocycles. The first-order chi connectivity index (χ1) is 16.5. The Labute approximate surface area is 199 Å². The summed E-state index contributed by atoms with van der Waals surface area (Å²) in [5.74, 6) is -1.59. The molecule has 2 aliphatic rings. The summed E-state index contributed by atoms with van der Waals surface area (Å²) in [7, 11) is 2.59. The van der Waals surface area contributed by atoms with Crippen molar-refractivity contribution in [2.24, 2.45) is 5.92 Å². The smallest absolute Gasteiger partial charge is 0.336 e. The minimum Gasteiger partial charge on any atom is -0.466 e. The molecule has 0 N–H and O–H groups in total. The third-order valence-corrected chi connectivity index (χ3v) is 6.38. The summed E-state index contributed by atoms with van der Waals surface area (Å²) in [6.45, 7) is 2.91. The number of hydrogen-bond acceptors (Lipinski definition) is 6. The van der Waals surface area contributed by atoms with Gasteiger partial charge < -0.3 is 19.3 Å². The molecule has 0 saturated heterocycles. The summed E-state index contributed by atoms with van der Waals surface area (Å²) >= 11 is 0. The average Bonchev–Trinajstić information content (AvgIpc) is 2.86. The molecule has 0 aromatic heterocycles. The Morgan fingerprint density at radius 2 is 1.50 bits per heavy atom. The van der Waals surface area contributed by atoms with Crippen LogP contribution in [0.1, 0.15) is 18.9 Å². The minimum atomic E-state index is -0.564. The molecule has 0 spiro atoms. The summed E-state index contributed by atoms with van der Waals surface area (Å²) in [5, 5.41) is 0. The Balaban J connectivity index is 1.74. The van der Waals surface area contributed by atoms with Crippen molar-refractivity contribution in [2.75, 3.05) is 25.7 Å². The molecule has 0 fully saturated rings. The van der Waals surface area contributed by atoms with E-state index in [4.69, 9.17) is 9.47 Å². The van der Waals surface area contributed by atoms with Crippen molar-refractivity contribution in [3.05, 3.63) is 89.1 Å². The summed E-state index contributed by atoms with van der Waals surface area (Å²) < 4.78 is 9.96. The summed E-state index contributed by atoms with van der Waals surface area (Å²) in [5.41, 5.74) is 3.00. The van der Waals surface area contributed by atoms with Crippen molar-refractivity contribution in [1.29, 1.82) is 0 Å². The molecule has 2 aromatic rings. The molecule has 7 nitrogen and oxygen atoms in total. The number of benzene rings is 2. The quantitative estimate of drug-likeness (QED) is 0.589. The van der Waals surface area contributed by atoms with E-state index in [1.165, 1.54) is 14.2 Å². The number of carbonyl (C=O) groups excluding carboxylic acids is 3. The van der Waals surface area contributed by atoms with Gasteiger partial charge in [0.1, 0.15) is 0 Å². The van der Waals surface area contributed by atoms with E-state index >= 15 is 0 Å². The summed E-state index contributed by atoms with van der Waals surface area (Å²) in [6.07, 6.45) is 2.17. The second kappa shape index (κ2) is 9.95. The lowest BCUT2D eigenvalue weighted by Crippen LogP contribution is -2.54. The number of likely N-dealkylation sites (N-methyl/N-ethyl adjacent to an activating group) is 1. The van der Waals surface area contributed by atoms with Gasteiger partial charge in [-0.25, -0.2) is 9.59 Å². The van der Waals surface area contributed by atoms with Crippen LogP contribution in [0.5, 0.6) is 0 Å². The molecular formula is C27H28N2O5. The number of esters is 2. The van der Waals surface area contributed by atoms with E-state index in [-0.39, 0.29) is 17.9 Å². The zero-order chi connectivity index (χ0) is 24.2. The predicted molar refractivity (Wildman–Crippen MR) is 127 cm³/mol. The second-order valence-corrected chi connectivity index (χ2v) is 8.26. The number of nitrogens with zero attached hydrogens (tertiary/aromatic N) is 2. The fraction of sp³-hybridized carbons (Fsp3) is 0.296. The molecule has 7 heteroatoms. The van der Waals surface area contributed by atoms with Gasteiger partial charge in [0.2, 0.25) is 0 Å². The Morgan fingerprint density at radius 1 is 0.912 bits per heavy atom. The number of fused-ring (bicyclic) bond motifs is 1. The topological polar surface area (TPSA) is 76.2 Å². The van der Waals surface area contributed by atoms with Crippen molar-refractivity contribution in [3.8, 4) is 0 Å². The van der Waals surface area contributed by atoms with E-state index in [2.05, 4.69) is 0 Å². The SMILES string of the molecule is CCN(C(=O)C1=CN(Cc2ccccc2)C2C(C(=O)OC)=C(C(=O)OC)C2C1)c1ccccc1. The highest BCUT2D eigenvalue weighted by atomic mass is 16.5. The number of ether oxygens (including phenoxy) is 2. The zero-order valence-corrected chi connectivity index (χ0v) is 19.6. The highest BCUT2D eigenvalue weighted by Gasteiger charge is 2.52. The number of para-hydroxylation sites is 1. The van der Waals surface area contributed by atoms with Crippen LogP contribution in [0.3, 0.4) is 0 Å². The lowest BCUT2D eigenvalue weighted by Gasteiger charge is -2.48. The number of carbonyl (C=O) groups is 3. The average molecular weight is 461 g/mol. The maximum Gasteiger partial charge on any atom is 0.336 e. The lowest BCUT2D eigenvalue weighted by molar-refractivity contribution is -0.142. The molecule has 34 heavy (non-hydrogen) atoms. The first kappa shape index (κ1) is 23.3. The van der Waals surface area contributed by atoms with Crippen molar-refractivity contribution in [2.45, 2.75) is 25.9 Å². The van der Waals surface area contributed by atoms with Crippen molar-refractivity contribution >= 4 is 23.5 Å². The van der Waals surface area contributed by atoms with Crippen molar-refractivity contribution in [1.82, 2.24) is 4.90 Å². The molecule has 0 saturated carbocycles. The monoisotopic (exact) mass is 460 g/mol. The van der Waals surface area contributed by atoms with Crippen LogP contribution in [0.15, 0.2) is 83.6 Å². The number of amides is 1. The molecule has 4 rings (SSSR count). The van der Waals surface area contributed by atoms with Crippen LogP contribution in [-0.2, 0) is 30.4 Å². The molecule has 2 atom stereocenters. The first-order valence-corrected chi connectivity index (χ1v) is 11.3. The van der Waals surface area contributed by atoms with Crippen LogP contribution in [0.2, 0.25) is 0 Å². The van der Waals surface area contributed by atoms with Crippen molar-refractivity contribution < 1.29 is 23.9 Å². The van der Waals surface area contributed by atoms with E-state index in [0.717, 1.165) is 11.3 Å². The van der Waals surface area contributed by atoms with Gasteiger partial charge in [-0.05, 0) is 31.0 Å². The summed E-state index contributed by atoms with van der Waals surface area (Å²) in [4.78, 5) is 42.5. The molecular weight excluding hydrogens is 432 g/mol. The number of rotatable bonds is 7. The molecule has 2 aromatic carbocycles. The Hall–Kier alpha value is -3.87.